The van der Waals surface area contributed by atoms with Gasteiger partial charge in [0.15, 0.2) is 11.6 Å². The van der Waals surface area contributed by atoms with E-state index in [0.29, 0.717) is 35.0 Å². The summed E-state index contributed by atoms with van der Waals surface area (Å²) in [5, 5.41) is 4.10. The minimum absolute atomic E-state index is 0. The molecule has 1 unspecified atom stereocenters. The first-order valence-corrected chi connectivity index (χ1v) is 14.4. The highest BCUT2D eigenvalue weighted by Gasteiger charge is 2.32. The highest BCUT2D eigenvalue weighted by Crippen LogP contribution is 2.40. The van der Waals surface area contributed by atoms with Gasteiger partial charge >= 0.3 is 0 Å². The van der Waals surface area contributed by atoms with E-state index in [1.54, 1.807) is 17.6 Å². The van der Waals surface area contributed by atoms with E-state index in [2.05, 4.69) is 17.9 Å². The minimum Gasteiger partial charge on any atom is -0.494 e. The van der Waals surface area contributed by atoms with Crippen LogP contribution in [-0.2, 0) is 12.8 Å². The highest BCUT2D eigenvalue weighted by atomic mass is 32.2. The maximum absolute atomic E-state index is 15.5. The second kappa shape index (κ2) is 13.2. The first kappa shape index (κ1) is 30.8. The molecule has 0 amide bonds. The summed E-state index contributed by atoms with van der Waals surface area (Å²) in [4.78, 5) is 14.9. The Morgan fingerprint density at radius 1 is 1.02 bits per heavy atom. The standard InChI is InChI=1S/C31H29F3N2O2S2.H2O/c1-18-23(15-24-25(32)6-4-7-26(24)33)31-36(30(37)28(18)22-5-3-8-27(38-2)29(22)34)20(17-40-31)16-35-14-13-19-9-11-21(39)12-10-19;/h3-12,20,35,39H,13-17H2,1-2H3;1H2. The molecule has 3 N–H and O–H groups in total. The zero-order valence-corrected chi connectivity index (χ0v) is 24.4. The van der Waals surface area contributed by atoms with Crippen LogP contribution in [0.4, 0.5) is 13.2 Å². The number of ether oxygens (including phenoxy) is 1. The molecule has 1 aliphatic rings. The maximum atomic E-state index is 15.5. The van der Waals surface area contributed by atoms with Gasteiger partial charge in [0.1, 0.15) is 11.6 Å². The number of methoxy groups -OCH3 is 1. The second-order valence-corrected chi connectivity index (χ2v) is 11.3. The predicted molar refractivity (Wildman–Crippen MR) is 160 cm³/mol. The van der Waals surface area contributed by atoms with E-state index in [1.807, 2.05) is 24.3 Å². The molecule has 5 rings (SSSR count). The largest absolute Gasteiger partial charge is 0.494 e. The summed E-state index contributed by atoms with van der Waals surface area (Å²) in [7, 11) is 1.36. The van der Waals surface area contributed by atoms with Crippen molar-refractivity contribution in [3.63, 3.8) is 0 Å². The average molecular weight is 601 g/mol. The highest BCUT2D eigenvalue weighted by molar-refractivity contribution is 7.99. The lowest BCUT2D eigenvalue weighted by atomic mass is 9.94. The second-order valence-electron chi connectivity index (χ2n) is 9.74. The molecule has 5 nitrogen and oxygen atoms in total. The Hall–Kier alpha value is -3.18. The number of hydrogen-bond acceptors (Lipinski definition) is 5. The molecule has 0 saturated carbocycles. The van der Waals surface area contributed by atoms with Crippen LogP contribution in [-0.4, -0.2) is 36.0 Å². The summed E-state index contributed by atoms with van der Waals surface area (Å²) in [6.07, 6.45) is 0.745. The average Bonchev–Trinajstić information content (AvgIpc) is 3.36. The molecule has 0 bridgehead atoms. The van der Waals surface area contributed by atoms with Crippen molar-refractivity contribution in [3.05, 3.63) is 111 Å². The molecule has 1 atom stereocenters. The first-order valence-electron chi connectivity index (χ1n) is 12.9. The van der Waals surface area contributed by atoms with E-state index >= 15 is 4.39 Å². The van der Waals surface area contributed by atoms with Crippen LogP contribution in [0.15, 0.2) is 75.4 Å². The number of fused-ring (bicyclic) bond motifs is 1. The monoisotopic (exact) mass is 600 g/mol. The third-order valence-electron chi connectivity index (χ3n) is 7.29. The molecule has 0 spiro atoms. The lowest BCUT2D eigenvalue weighted by Gasteiger charge is -2.21. The van der Waals surface area contributed by atoms with Gasteiger partial charge in [-0.1, -0.05) is 30.3 Å². The quantitative estimate of drug-likeness (QED) is 0.189. The smallest absolute Gasteiger partial charge is 0.260 e. The molecule has 0 fully saturated rings. The zero-order valence-electron chi connectivity index (χ0n) is 22.6. The third kappa shape index (κ3) is 6.21. The van der Waals surface area contributed by atoms with Gasteiger partial charge in [0, 0.05) is 34.7 Å². The van der Waals surface area contributed by atoms with Crippen LogP contribution in [0.5, 0.6) is 5.75 Å². The SMILES string of the molecule is COc1cccc(-c2c(C)c(Cc3c(F)cccc3F)c3n(c2=O)C(CNCCc2ccc(S)cc2)CS3)c1F.O. The van der Waals surface area contributed by atoms with Gasteiger partial charge in [-0.25, -0.2) is 13.2 Å². The van der Waals surface area contributed by atoms with Gasteiger partial charge in [-0.15, -0.1) is 24.4 Å². The normalized spacial score (nSPS) is 14.0. The van der Waals surface area contributed by atoms with E-state index in [-0.39, 0.29) is 45.9 Å². The predicted octanol–water partition coefficient (Wildman–Crippen LogP) is 5.78. The van der Waals surface area contributed by atoms with Gasteiger partial charge in [-0.3, -0.25) is 9.36 Å². The number of thioether (sulfide) groups is 1. The lowest BCUT2D eigenvalue weighted by molar-refractivity contribution is 0.387. The minimum atomic E-state index is -0.661. The fraction of sp³-hybridized carbons (Fsp3) is 0.258. The molecule has 0 aliphatic carbocycles. The van der Waals surface area contributed by atoms with Gasteiger partial charge in [-0.2, -0.15) is 0 Å². The fourth-order valence-corrected chi connectivity index (χ4v) is 6.68. The molecule has 0 saturated heterocycles. The number of benzene rings is 3. The number of nitrogens with one attached hydrogen (secondary N) is 1. The van der Waals surface area contributed by atoms with Crippen LogP contribution in [0, 0.1) is 24.4 Å². The number of pyridine rings is 1. The Bertz CT molecular complexity index is 1590. The Morgan fingerprint density at radius 3 is 2.39 bits per heavy atom. The number of thiol groups is 1. The van der Waals surface area contributed by atoms with Crippen molar-refractivity contribution in [2.75, 3.05) is 26.0 Å². The molecule has 41 heavy (non-hydrogen) atoms. The summed E-state index contributed by atoms with van der Waals surface area (Å²) in [6, 6.07) is 16.1. The van der Waals surface area contributed by atoms with Crippen LogP contribution in [0.1, 0.15) is 28.3 Å². The molecule has 3 aromatic carbocycles. The van der Waals surface area contributed by atoms with Crippen LogP contribution in [0.3, 0.4) is 0 Å². The molecule has 1 aromatic heterocycles. The summed E-state index contributed by atoms with van der Waals surface area (Å²) in [6.45, 7) is 2.93. The summed E-state index contributed by atoms with van der Waals surface area (Å²) in [5.41, 5.74) is 2.14. The molecule has 0 radical (unpaired) electrons. The molecule has 4 aromatic rings. The third-order valence-corrected chi connectivity index (χ3v) is 8.86. The molecular formula is C31H31F3N2O3S2. The Kier molecular flexibility index (Phi) is 9.91. The van der Waals surface area contributed by atoms with Crippen molar-refractivity contribution in [1.82, 2.24) is 9.88 Å². The lowest BCUT2D eigenvalue weighted by Crippen LogP contribution is -2.34. The number of rotatable bonds is 9. The first-order chi connectivity index (χ1) is 19.3. The maximum Gasteiger partial charge on any atom is 0.260 e. The summed E-state index contributed by atoms with van der Waals surface area (Å²) < 4.78 is 51.8. The Labute approximate surface area is 246 Å². The van der Waals surface area contributed by atoms with Crippen molar-refractivity contribution in [2.45, 2.75) is 35.7 Å². The van der Waals surface area contributed by atoms with Crippen molar-refractivity contribution >= 4 is 24.4 Å². The summed E-state index contributed by atoms with van der Waals surface area (Å²) in [5.74, 6) is -1.35. The van der Waals surface area contributed by atoms with E-state index in [9.17, 15) is 13.6 Å². The Balaban J connectivity index is 0.00000387. The van der Waals surface area contributed by atoms with Crippen LogP contribution >= 0.6 is 24.4 Å². The molecule has 1 aliphatic heterocycles. The number of halogens is 3. The van der Waals surface area contributed by atoms with Crippen molar-refractivity contribution in [2.24, 2.45) is 0 Å². The van der Waals surface area contributed by atoms with Gasteiger partial charge in [-0.05, 0) is 66.9 Å². The van der Waals surface area contributed by atoms with E-state index < -0.39 is 17.5 Å². The fourth-order valence-electron chi connectivity index (χ4n) is 5.15. The number of hydrogen-bond donors (Lipinski definition) is 2. The van der Waals surface area contributed by atoms with E-state index in [0.717, 1.165) is 11.3 Å². The van der Waals surface area contributed by atoms with Gasteiger partial charge in [0.2, 0.25) is 0 Å². The van der Waals surface area contributed by atoms with Crippen LogP contribution < -0.4 is 15.6 Å². The summed E-state index contributed by atoms with van der Waals surface area (Å²) >= 11 is 5.81. The molecule has 10 heteroatoms. The Morgan fingerprint density at radius 2 is 1.71 bits per heavy atom. The molecule has 2 heterocycles. The van der Waals surface area contributed by atoms with E-state index in [4.69, 9.17) is 4.74 Å². The molecular weight excluding hydrogens is 569 g/mol. The zero-order chi connectivity index (χ0) is 28.4. The van der Waals surface area contributed by atoms with Crippen molar-refractivity contribution in [1.29, 1.82) is 0 Å². The van der Waals surface area contributed by atoms with Gasteiger partial charge in [0.05, 0.1) is 23.7 Å². The number of aromatic nitrogens is 1. The van der Waals surface area contributed by atoms with Gasteiger partial charge < -0.3 is 15.5 Å². The molecule has 216 valence electrons. The topological polar surface area (TPSA) is 74.8 Å². The van der Waals surface area contributed by atoms with Gasteiger partial charge in [0.25, 0.3) is 5.56 Å². The van der Waals surface area contributed by atoms with Crippen molar-refractivity contribution < 1.29 is 23.4 Å². The van der Waals surface area contributed by atoms with Crippen LogP contribution in [0.25, 0.3) is 11.1 Å². The number of nitrogens with zero attached hydrogens (tertiary/aromatic N) is 1. The van der Waals surface area contributed by atoms with E-state index in [1.165, 1.54) is 54.8 Å². The van der Waals surface area contributed by atoms with Crippen LogP contribution in [0.2, 0.25) is 0 Å². The van der Waals surface area contributed by atoms with Crippen molar-refractivity contribution in [3.8, 4) is 16.9 Å².